The van der Waals surface area contributed by atoms with Crippen molar-refractivity contribution < 1.29 is 9.59 Å². The second kappa shape index (κ2) is 5.04. The third kappa shape index (κ3) is 2.60. The van der Waals surface area contributed by atoms with Crippen LogP contribution < -0.4 is 11.1 Å². The number of carbonyl (C=O) groups excluding carboxylic acids is 2. The monoisotopic (exact) mass is 239 g/mol. The molecule has 5 nitrogen and oxygen atoms in total. The summed E-state index contributed by atoms with van der Waals surface area (Å²) in [7, 11) is 0. The summed E-state index contributed by atoms with van der Waals surface area (Å²) in [6.45, 7) is 2.72. The quantitative estimate of drug-likeness (QED) is 0.712. The molecule has 2 amide bonds. The van der Waals surface area contributed by atoms with Gasteiger partial charge in [-0.25, -0.2) is 0 Å². The van der Waals surface area contributed by atoms with Crippen LogP contribution in [-0.4, -0.2) is 41.4 Å². The number of nitrogens with two attached hydrogens (primary N) is 1. The minimum Gasteiger partial charge on any atom is -0.344 e. The van der Waals surface area contributed by atoms with E-state index in [0.717, 1.165) is 25.8 Å². The van der Waals surface area contributed by atoms with Gasteiger partial charge in [-0.3, -0.25) is 9.59 Å². The molecule has 0 spiro atoms. The number of nitrogens with one attached hydrogen (secondary N) is 1. The van der Waals surface area contributed by atoms with Crippen LogP contribution in [-0.2, 0) is 9.59 Å². The first-order valence-corrected chi connectivity index (χ1v) is 6.45. The highest BCUT2D eigenvalue weighted by molar-refractivity contribution is 5.91. The highest BCUT2D eigenvalue weighted by Crippen LogP contribution is 2.21. The van der Waals surface area contributed by atoms with Crippen LogP contribution in [0.15, 0.2) is 0 Å². The average molecular weight is 239 g/mol. The standard InChI is InChI=1S/C12H21N3O2/c1-8(13)10-4-2-3-7-15(10)12(17)9-5-6-11(16)14-9/h8-10H,2-7,13H2,1H3,(H,14,16). The zero-order valence-corrected chi connectivity index (χ0v) is 10.3. The average Bonchev–Trinajstić information content (AvgIpc) is 2.75. The molecule has 3 unspecified atom stereocenters. The van der Waals surface area contributed by atoms with Gasteiger partial charge in [-0.2, -0.15) is 0 Å². The van der Waals surface area contributed by atoms with E-state index in [2.05, 4.69) is 5.32 Å². The summed E-state index contributed by atoms with van der Waals surface area (Å²) < 4.78 is 0. The van der Waals surface area contributed by atoms with Gasteiger partial charge in [0.05, 0.1) is 0 Å². The Balaban J connectivity index is 2.03. The van der Waals surface area contributed by atoms with Crippen LogP contribution in [0.25, 0.3) is 0 Å². The van der Waals surface area contributed by atoms with Crippen molar-refractivity contribution in [2.45, 2.75) is 57.2 Å². The highest BCUT2D eigenvalue weighted by Gasteiger charge is 2.36. The molecule has 0 aromatic carbocycles. The van der Waals surface area contributed by atoms with Gasteiger partial charge in [0.2, 0.25) is 11.8 Å². The number of nitrogens with zero attached hydrogens (tertiary/aromatic N) is 1. The van der Waals surface area contributed by atoms with E-state index in [0.29, 0.717) is 12.8 Å². The number of amides is 2. The first-order valence-electron chi connectivity index (χ1n) is 6.45. The summed E-state index contributed by atoms with van der Waals surface area (Å²) in [6.07, 6.45) is 4.24. The Hall–Kier alpha value is -1.10. The minimum absolute atomic E-state index is 0.00338. The lowest BCUT2D eigenvalue weighted by molar-refractivity contribution is -0.138. The van der Waals surface area contributed by atoms with Crippen molar-refractivity contribution in [3.63, 3.8) is 0 Å². The van der Waals surface area contributed by atoms with Crippen molar-refractivity contribution in [1.29, 1.82) is 0 Å². The molecular weight excluding hydrogens is 218 g/mol. The summed E-state index contributed by atoms with van der Waals surface area (Å²) >= 11 is 0. The summed E-state index contributed by atoms with van der Waals surface area (Å²) in [5.74, 6) is 0.0376. The maximum Gasteiger partial charge on any atom is 0.245 e. The van der Waals surface area contributed by atoms with Crippen LogP contribution in [0.2, 0.25) is 0 Å². The Morgan fingerprint density at radius 2 is 2.24 bits per heavy atom. The van der Waals surface area contributed by atoms with E-state index in [1.165, 1.54) is 0 Å². The first kappa shape index (κ1) is 12.4. The number of rotatable bonds is 2. The van der Waals surface area contributed by atoms with Crippen LogP contribution >= 0.6 is 0 Å². The molecule has 0 aromatic rings. The predicted molar refractivity (Wildman–Crippen MR) is 64.2 cm³/mol. The van der Waals surface area contributed by atoms with Crippen molar-refractivity contribution in [2.75, 3.05) is 6.54 Å². The van der Waals surface area contributed by atoms with Gasteiger partial charge in [0.15, 0.2) is 0 Å². The van der Waals surface area contributed by atoms with E-state index >= 15 is 0 Å². The third-order valence-electron chi connectivity index (χ3n) is 3.73. The largest absolute Gasteiger partial charge is 0.344 e. The number of piperidine rings is 1. The lowest BCUT2D eigenvalue weighted by atomic mass is 9.96. The summed E-state index contributed by atoms with van der Waals surface area (Å²) in [4.78, 5) is 25.3. The van der Waals surface area contributed by atoms with E-state index < -0.39 is 0 Å². The topological polar surface area (TPSA) is 75.4 Å². The molecule has 2 rings (SSSR count). The van der Waals surface area contributed by atoms with E-state index in [1.54, 1.807) is 0 Å². The summed E-state index contributed by atoms with van der Waals surface area (Å²) in [5, 5.41) is 2.74. The minimum atomic E-state index is -0.318. The lowest BCUT2D eigenvalue weighted by Gasteiger charge is -2.39. The maximum absolute atomic E-state index is 12.3. The molecule has 2 fully saturated rings. The molecule has 0 aromatic heterocycles. The first-order chi connectivity index (χ1) is 8.09. The number of likely N-dealkylation sites (tertiary alicyclic amines) is 1. The van der Waals surface area contributed by atoms with Gasteiger partial charge in [-0.05, 0) is 32.6 Å². The van der Waals surface area contributed by atoms with Crippen molar-refractivity contribution >= 4 is 11.8 Å². The molecule has 96 valence electrons. The van der Waals surface area contributed by atoms with Gasteiger partial charge in [-0.1, -0.05) is 0 Å². The van der Waals surface area contributed by atoms with Crippen molar-refractivity contribution in [3.05, 3.63) is 0 Å². The molecule has 0 bridgehead atoms. The molecule has 0 saturated carbocycles. The molecule has 3 atom stereocenters. The molecule has 0 radical (unpaired) electrons. The zero-order valence-electron chi connectivity index (χ0n) is 10.3. The maximum atomic E-state index is 12.3. The van der Waals surface area contributed by atoms with Crippen LogP contribution in [0.4, 0.5) is 0 Å². The van der Waals surface area contributed by atoms with Crippen LogP contribution in [0, 0.1) is 0 Å². The van der Waals surface area contributed by atoms with Crippen LogP contribution in [0.3, 0.4) is 0 Å². The summed E-state index contributed by atoms with van der Waals surface area (Å²) in [5.41, 5.74) is 5.94. The molecule has 2 aliphatic rings. The van der Waals surface area contributed by atoms with Crippen LogP contribution in [0.5, 0.6) is 0 Å². The molecule has 2 heterocycles. The fraction of sp³-hybridized carbons (Fsp3) is 0.833. The third-order valence-corrected chi connectivity index (χ3v) is 3.73. The lowest BCUT2D eigenvalue weighted by Crippen LogP contribution is -2.56. The van der Waals surface area contributed by atoms with E-state index in [9.17, 15) is 9.59 Å². The van der Waals surface area contributed by atoms with Gasteiger partial charge < -0.3 is 16.0 Å². The van der Waals surface area contributed by atoms with Crippen molar-refractivity contribution in [3.8, 4) is 0 Å². The normalized spacial score (nSPS) is 31.2. The summed E-state index contributed by atoms with van der Waals surface area (Å²) in [6, 6.07) is -0.188. The van der Waals surface area contributed by atoms with Gasteiger partial charge in [-0.15, -0.1) is 0 Å². The number of carbonyl (C=O) groups is 2. The molecule has 2 aliphatic heterocycles. The van der Waals surface area contributed by atoms with Gasteiger partial charge >= 0.3 is 0 Å². The fourth-order valence-corrected chi connectivity index (χ4v) is 2.78. The van der Waals surface area contributed by atoms with Gasteiger partial charge in [0.25, 0.3) is 0 Å². The van der Waals surface area contributed by atoms with Gasteiger partial charge in [0, 0.05) is 25.0 Å². The second-order valence-corrected chi connectivity index (χ2v) is 5.11. The van der Waals surface area contributed by atoms with Crippen LogP contribution in [0.1, 0.15) is 39.0 Å². The Kier molecular flexibility index (Phi) is 3.66. The van der Waals surface area contributed by atoms with E-state index in [1.807, 2.05) is 11.8 Å². The van der Waals surface area contributed by atoms with Crippen molar-refractivity contribution in [2.24, 2.45) is 5.73 Å². The fourth-order valence-electron chi connectivity index (χ4n) is 2.78. The van der Waals surface area contributed by atoms with E-state index in [-0.39, 0.29) is 29.9 Å². The second-order valence-electron chi connectivity index (χ2n) is 5.11. The molecule has 17 heavy (non-hydrogen) atoms. The SMILES string of the molecule is CC(N)C1CCCCN1C(=O)C1CCC(=O)N1. The smallest absolute Gasteiger partial charge is 0.245 e. The zero-order chi connectivity index (χ0) is 12.4. The number of hydrogen-bond donors (Lipinski definition) is 2. The molecule has 0 aliphatic carbocycles. The molecular formula is C12H21N3O2. The Morgan fingerprint density at radius 1 is 1.47 bits per heavy atom. The molecule has 2 saturated heterocycles. The molecule has 3 N–H and O–H groups in total. The highest BCUT2D eigenvalue weighted by atomic mass is 16.2. The predicted octanol–water partition coefficient (Wildman–Crippen LogP) is -0.00670. The number of hydrogen-bond acceptors (Lipinski definition) is 3. The van der Waals surface area contributed by atoms with E-state index in [4.69, 9.17) is 5.73 Å². The Labute approximate surface area is 102 Å². The van der Waals surface area contributed by atoms with Crippen molar-refractivity contribution in [1.82, 2.24) is 10.2 Å². The Morgan fingerprint density at radius 3 is 2.82 bits per heavy atom. The van der Waals surface area contributed by atoms with Gasteiger partial charge in [0.1, 0.15) is 6.04 Å². The Bertz CT molecular complexity index is 317. The molecule has 5 heteroatoms.